The van der Waals surface area contributed by atoms with E-state index in [0.29, 0.717) is 6.54 Å². The summed E-state index contributed by atoms with van der Waals surface area (Å²) in [6, 6.07) is 0.0670. The number of nitrogens with zero attached hydrogens (tertiary/aromatic N) is 1. The molecule has 0 spiro atoms. The van der Waals surface area contributed by atoms with Gasteiger partial charge < -0.3 is 9.64 Å². The zero-order valence-corrected chi connectivity index (χ0v) is 11.5. The molecule has 1 amide bonds. The lowest BCUT2D eigenvalue weighted by atomic mass is 9.80. The first-order chi connectivity index (χ1) is 9.24. The van der Waals surface area contributed by atoms with Crippen LogP contribution in [0, 0.1) is 5.41 Å². The minimum atomic E-state index is -4.78. The summed E-state index contributed by atoms with van der Waals surface area (Å²) < 4.78 is 41.5. The Hall–Kier alpha value is -1.46. The van der Waals surface area contributed by atoms with Crippen molar-refractivity contribution in [1.29, 1.82) is 0 Å². The number of likely N-dealkylation sites (tertiary alicyclic amines) is 1. The summed E-state index contributed by atoms with van der Waals surface area (Å²) in [5.74, 6) is -0.612. The van der Waals surface area contributed by atoms with Crippen molar-refractivity contribution in [2.45, 2.75) is 45.5 Å². The number of hydrogen-bond donors (Lipinski definition) is 0. The van der Waals surface area contributed by atoms with Crippen molar-refractivity contribution >= 4 is 5.91 Å². The third-order valence-corrected chi connectivity index (χ3v) is 3.97. The van der Waals surface area contributed by atoms with Gasteiger partial charge in [-0.25, -0.2) is 0 Å². The van der Waals surface area contributed by atoms with E-state index in [-0.39, 0.29) is 24.1 Å². The van der Waals surface area contributed by atoms with Crippen LogP contribution in [-0.2, 0) is 9.53 Å². The second-order valence-corrected chi connectivity index (χ2v) is 5.53. The van der Waals surface area contributed by atoms with Crippen LogP contribution in [0.1, 0.15) is 33.1 Å². The molecule has 2 aliphatic rings. The molecule has 2 unspecified atom stereocenters. The van der Waals surface area contributed by atoms with Crippen molar-refractivity contribution in [1.82, 2.24) is 4.90 Å². The molecule has 6 heteroatoms. The summed E-state index contributed by atoms with van der Waals surface area (Å²) >= 11 is 0. The van der Waals surface area contributed by atoms with Gasteiger partial charge in [0.2, 0.25) is 5.91 Å². The maximum atomic E-state index is 12.6. The van der Waals surface area contributed by atoms with Gasteiger partial charge in [-0.15, -0.1) is 13.2 Å². The summed E-state index contributed by atoms with van der Waals surface area (Å²) in [6.45, 7) is 4.03. The van der Waals surface area contributed by atoms with Crippen molar-refractivity contribution in [3.05, 3.63) is 24.0 Å². The second-order valence-electron chi connectivity index (χ2n) is 5.53. The lowest BCUT2D eigenvalue weighted by Gasteiger charge is -2.36. The van der Waals surface area contributed by atoms with E-state index in [0.717, 1.165) is 12.8 Å². The number of allylic oxidation sites excluding steroid dienone is 3. The third-order valence-electron chi connectivity index (χ3n) is 3.97. The van der Waals surface area contributed by atoms with Crippen molar-refractivity contribution in [3.63, 3.8) is 0 Å². The van der Waals surface area contributed by atoms with E-state index in [1.807, 2.05) is 6.92 Å². The molecular formula is C14H18F3NO2. The largest absolute Gasteiger partial charge is 0.572 e. The van der Waals surface area contributed by atoms with Gasteiger partial charge in [-0.2, -0.15) is 0 Å². The minimum Gasteiger partial charge on any atom is -0.409 e. The van der Waals surface area contributed by atoms with Crippen LogP contribution < -0.4 is 0 Å². The fourth-order valence-electron chi connectivity index (χ4n) is 2.76. The van der Waals surface area contributed by atoms with Crippen LogP contribution >= 0.6 is 0 Å². The highest BCUT2D eigenvalue weighted by molar-refractivity contribution is 5.86. The Kier molecular flexibility index (Phi) is 3.84. The smallest absolute Gasteiger partial charge is 0.409 e. The van der Waals surface area contributed by atoms with Gasteiger partial charge in [0.15, 0.2) is 0 Å². The van der Waals surface area contributed by atoms with Gasteiger partial charge in [0, 0.05) is 12.6 Å². The first-order valence-electron chi connectivity index (χ1n) is 6.68. The highest BCUT2D eigenvalue weighted by Crippen LogP contribution is 2.41. The minimum absolute atomic E-state index is 0.0670. The maximum absolute atomic E-state index is 12.6. The van der Waals surface area contributed by atoms with Gasteiger partial charge in [-0.05, 0) is 39.2 Å². The molecule has 0 N–H and O–H groups in total. The molecule has 1 saturated heterocycles. The van der Waals surface area contributed by atoms with E-state index >= 15 is 0 Å². The summed E-state index contributed by atoms with van der Waals surface area (Å²) in [5, 5.41) is 0. The molecule has 112 valence electrons. The molecule has 0 saturated carbocycles. The molecule has 0 bridgehead atoms. The predicted molar refractivity (Wildman–Crippen MR) is 67.5 cm³/mol. The predicted octanol–water partition coefficient (Wildman–Crippen LogP) is 3.38. The molecule has 3 nitrogen and oxygen atoms in total. The average Bonchev–Trinajstić information content (AvgIpc) is 2.76. The zero-order chi connectivity index (χ0) is 15.0. The summed E-state index contributed by atoms with van der Waals surface area (Å²) in [7, 11) is 0. The number of alkyl halides is 3. The Labute approximate surface area is 116 Å². The zero-order valence-electron chi connectivity index (χ0n) is 11.5. The number of rotatable bonds is 2. The van der Waals surface area contributed by atoms with Crippen LogP contribution in [0.25, 0.3) is 0 Å². The second kappa shape index (κ2) is 5.14. The van der Waals surface area contributed by atoms with Gasteiger partial charge in [0.25, 0.3) is 0 Å². The molecule has 1 fully saturated rings. The molecule has 0 aromatic heterocycles. The van der Waals surface area contributed by atoms with Crippen molar-refractivity contribution in [2.75, 3.05) is 6.54 Å². The molecule has 20 heavy (non-hydrogen) atoms. The summed E-state index contributed by atoms with van der Waals surface area (Å²) in [4.78, 5) is 14.3. The standard InChI is InChI=1S/C14H18F3NO2/c1-10-6-5-9-18(10)12(19)13(2)8-4-3-7-11(13)20-14(15,16)17/h3-4,7,10H,5-6,8-9H2,1-2H3. The Balaban J connectivity index is 2.24. The Bertz CT molecular complexity index is 456. The molecule has 0 aromatic carbocycles. The molecule has 0 radical (unpaired) electrons. The summed E-state index contributed by atoms with van der Waals surface area (Å²) in [5.41, 5.74) is -1.27. The fraction of sp³-hybridized carbons (Fsp3) is 0.643. The van der Waals surface area contributed by atoms with Crippen molar-refractivity contribution in [2.24, 2.45) is 5.41 Å². The Morgan fingerprint density at radius 1 is 1.50 bits per heavy atom. The lowest BCUT2D eigenvalue weighted by molar-refractivity contribution is -0.311. The van der Waals surface area contributed by atoms with E-state index in [1.54, 1.807) is 11.0 Å². The summed E-state index contributed by atoms with van der Waals surface area (Å²) in [6.07, 6.45) is 1.63. The molecule has 1 heterocycles. The van der Waals surface area contributed by atoms with Gasteiger partial charge in [-0.1, -0.05) is 12.2 Å². The highest BCUT2D eigenvalue weighted by Gasteiger charge is 2.47. The first-order valence-corrected chi connectivity index (χ1v) is 6.68. The van der Waals surface area contributed by atoms with Gasteiger partial charge in [0.1, 0.15) is 11.2 Å². The lowest BCUT2D eigenvalue weighted by Crippen LogP contribution is -2.46. The normalized spacial score (nSPS) is 30.4. The van der Waals surface area contributed by atoms with E-state index in [9.17, 15) is 18.0 Å². The number of hydrogen-bond acceptors (Lipinski definition) is 2. The molecule has 1 aliphatic heterocycles. The SMILES string of the molecule is CC1CCCN1C(=O)C1(C)CC=CC=C1OC(F)(F)F. The van der Waals surface area contributed by atoms with Gasteiger partial charge in [-0.3, -0.25) is 4.79 Å². The Morgan fingerprint density at radius 3 is 2.75 bits per heavy atom. The quantitative estimate of drug-likeness (QED) is 0.780. The number of amides is 1. The van der Waals surface area contributed by atoms with E-state index in [2.05, 4.69) is 4.74 Å². The van der Waals surface area contributed by atoms with Crippen LogP contribution in [0.3, 0.4) is 0 Å². The van der Waals surface area contributed by atoms with E-state index < -0.39 is 11.8 Å². The fourth-order valence-corrected chi connectivity index (χ4v) is 2.76. The van der Waals surface area contributed by atoms with Crippen LogP contribution in [0.2, 0.25) is 0 Å². The molecule has 2 atom stereocenters. The van der Waals surface area contributed by atoms with Crippen LogP contribution in [0.15, 0.2) is 24.0 Å². The van der Waals surface area contributed by atoms with Crippen LogP contribution in [-0.4, -0.2) is 29.8 Å². The molecule has 1 aliphatic carbocycles. The average molecular weight is 289 g/mol. The topological polar surface area (TPSA) is 29.5 Å². The Morgan fingerprint density at radius 2 is 2.20 bits per heavy atom. The first kappa shape index (κ1) is 14.9. The molecular weight excluding hydrogens is 271 g/mol. The third kappa shape index (κ3) is 2.83. The van der Waals surface area contributed by atoms with E-state index in [4.69, 9.17) is 0 Å². The van der Waals surface area contributed by atoms with Crippen LogP contribution in [0.4, 0.5) is 13.2 Å². The molecule has 0 aromatic rings. The van der Waals surface area contributed by atoms with Crippen molar-refractivity contribution < 1.29 is 22.7 Å². The monoisotopic (exact) mass is 289 g/mol. The van der Waals surface area contributed by atoms with Crippen molar-refractivity contribution in [3.8, 4) is 0 Å². The number of carbonyl (C=O) groups is 1. The number of ether oxygens (including phenoxy) is 1. The van der Waals surface area contributed by atoms with E-state index in [1.165, 1.54) is 19.1 Å². The van der Waals surface area contributed by atoms with Gasteiger partial charge >= 0.3 is 6.36 Å². The van der Waals surface area contributed by atoms with Gasteiger partial charge in [0.05, 0.1) is 0 Å². The molecule has 2 rings (SSSR count). The van der Waals surface area contributed by atoms with Crippen LogP contribution in [0.5, 0.6) is 0 Å². The highest BCUT2D eigenvalue weighted by atomic mass is 19.4. The number of halogens is 3. The maximum Gasteiger partial charge on any atom is 0.572 e. The number of carbonyl (C=O) groups excluding carboxylic acids is 1.